The van der Waals surface area contributed by atoms with Gasteiger partial charge >= 0.3 is 0 Å². The molecular formula is C16H31N3OS. The van der Waals surface area contributed by atoms with Gasteiger partial charge in [0.05, 0.1) is 13.2 Å². The Labute approximate surface area is 135 Å². The minimum atomic E-state index is 0.105. The van der Waals surface area contributed by atoms with Crippen LogP contribution in [0.5, 0.6) is 0 Å². The predicted octanol–water partition coefficient (Wildman–Crippen LogP) is 2.14. The van der Waals surface area contributed by atoms with Gasteiger partial charge in [0.1, 0.15) is 0 Å². The summed E-state index contributed by atoms with van der Waals surface area (Å²) in [6, 6.07) is 0.547. The molecule has 1 heterocycles. The number of rotatable bonds is 4. The normalized spacial score (nSPS) is 28.1. The summed E-state index contributed by atoms with van der Waals surface area (Å²) in [4.78, 5) is 2.48. The van der Waals surface area contributed by atoms with E-state index in [1.54, 1.807) is 0 Å². The van der Waals surface area contributed by atoms with Crippen LogP contribution in [0.3, 0.4) is 0 Å². The molecule has 122 valence electrons. The van der Waals surface area contributed by atoms with Crippen molar-refractivity contribution >= 4 is 17.3 Å². The fourth-order valence-electron chi connectivity index (χ4n) is 3.33. The maximum atomic E-state index is 5.49. The number of morpholine rings is 1. The van der Waals surface area contributed by atoms with Gasteiger partial charge in [-0.2, -0.15) is 0 Å². The number of ether oxygens (including phenoxy) is 1. The molecule has 0 unspecified atom stereocenters. The summed E-state index contributed by atoms with van der Waals surface area (Å²) in [6.07, 6.45) is 5.25. The van der Waals surface area contributed by atoms with Crippen LogP contribution in [0.4, 0.5) is 0 Å². The van der Waals surface area contributed by atoms with Gasteiger partial charge in [-0.15, -0.1) is 0 Å². The first kappa shape index (κ1) is 17.0. The molecule has 5 heteroatoms. The van der Waals surface area contributed by atoms with E-state index < -0.39 is 0 Å². The molecule has 0 radical (unpaired) electrons. The zero-order valence-corrected chi connectivity index (χ0v) is 14.6. The van der Waals surface area contributed by atoms with Crippen molar-refractivity contribution in [3.05, 3.63) is 0 Å². The van der Waals surface area contributed by atoms with E-state index in [9.17, 15) is 0 Å². The van der Waals surface area contributed by atoms with Gasteiger partial charge in [-0.05, 0) is 44.8 Å². The van der Waals surface area contributed by atoms with Crippen LogP contribution in [0, 0.1) is 5.92 Å². The van der Waals surface area contributed by atoms with Crippen LogP contribution in [0.2, 0.25) is 0 Å². The molecule has 0 aromatic rings. The average molecular weight is 314 g/mol. The molecule has 1 saturated carbocycles. The second-order valence-corrected chi connectivity index (χ2v) is 7.52. The number of hydrogen-bond donors (Lipinski definition) is 2. The molecule has 0 aromatic carbocycles. The third-order valence-electron chi connectivity index (χ3n) is 4.98. The van der Waals surface area contributed by atoms with Crippen LogP contribution in [0.25, 0.3) is 0 Å². The van der Waals surface area contributed by atoms with E-state index in [2.05, 4.69) is 36.3 Å². The van der Waals surface area contributed by atoms with E-state index in [-0.39, 0.29) is 5.54 Å². The Morgan fingerprint density at radius 2 is 1.90 bits per heavy atom. The Bertz CT molecular complexity index is 342. The third-order valence-corrected chi connectivity index (χ3v) is 5.24. The van der Waals surface area contributed by atoms with Gasteiger partial charge < -0.3 is 15.4 Å². The monoisotopic (exact) mass is 313 g/mol. The molecule has 4 nitrogen and oxygen atoms in total. The fraction of sp³-hybridized carbons (Fsp3) is 0.938. The van der Waals surface area contributed by atoms with E-state index in [0.29, 0.717) is 6.04 Å². The highest BCUT2D eigenvalue weighted by Gasteiger charge is 2.28. The standard InChI is InChI=1S/C16H31N3OS/c1-13-6-4-5-7-14(13)18-15(21)17-12-16(2,3)19-8-10-20-11-9-19/h13-14H,4-12H2,1-3H3,(H2,17,18,21)/t13-,14-/m0/s1. The van der Waals surface area contributed by atoms with E-state index >= 15 is 0 Å². The third kappa shape index (κ3) is 5.08. The Morgan fingerprint density at radius 3 is 2.57 bits per heavy atom. The van der Waals surface area contributed by atoms with Crippen molar-refractivity contribution in [1.82, 2.24) is 15.5 Å². The van der Waals surface area contributed by atoms with Gasteiger partial charge in [0, 0.05) is 31.2 Å². The Morgan fingerprint density at radius 1 is 1.24 bits per heavy atom. The molecule has 1 aliphatic carbocycles. The second-order valence-electron chi connectivity index (χ2n) is 7.11. The molecule has 2 atom stereocenters. The molecule has 0 amide bonds. The minimum Gasteiger partial charge on any atom is -0.379 e. The van der Waals surface area contributed by atoms with Crippen LogP contribution >= 0.6 is 12.2 Å². The maximum absolute atomic E-state index is 5.49. The van der Waals surface area contributed by atoms with Crippen molar-refractivity contribution < 1.29 is 4.74 Å². The molecule has 0 spiro atoms. The smallest absolute Gasteiger partial charge is 0.166 e. The molecule has 21 heavy (non-hydrogen) atoms. The molecule has 2 N–H and O–H groups in total. The highest BCUT2D eigenvalue weighted by Crippen LogP contribution is 2.23. The quantitative estimate of drug-likeness (QED) is 0.778. The zero-order valence-electron chi connectivity index (χ0n) is 13.8. The topological polar surface area (TPSA) is 36.5 Å². The Hall–Kier alpha value is -0.390. The molecule has 2 fully saturated rings. The van der Waals surface area contributed by atoms with Gasteiger partial charge in [-0.3, -0.25) is 4.90 Å². The SMILES string of the molecule is C[C@H]1CCCC[C@@H]1NC(=S)NCC(C)(C)N1CCOCC1. The molecule has 2 rings (SSSR count). The van der Waals surface area contributed by atoms with Crippen molar-refractivity contribution in [2.45, 2.75) is 58.0 Å². The van der Waals surface area contributed by atoms with Gasteiger partial charge in [-0.1, -0.05) is 19.8 Å². The molecule has 2 aliphatic rings. The second kappa shape index (κ2) is 7.75. The first-order valence-corrected chi connectivity index (χ1v) is 8.77. The van der Waals surface area contributed by atoms with E-state index in [1.165, 1.54) is 25.7 Å². The number of thiocarbonyl (C=S) groups is 1. The summed E-state index contributed by atoms with van der Waals surface area (Å²) >= 11 is 5.49. The van der Waals surface area contributed by atoms with Crippen molar-refractivity contribution in [3.63, 3.8) is 0 Å². The molecular weight excluding hydrogens is 282 g/mol. The van der Waals surface area contributed by atoms with Crippen molar-refractivity contribution in [2.24, 2.45) is 5.92 Å². The molecule has 0 aromatic heterocycles. The largest absolute Gasteiger partial charge is 0.379 e. The van der Waals surface area contributed by atoms with Crippen LogP contribution in [0.1, 0.15) is 46.5 Å². The van der Waals surface area contributed by atoms with E-state index in [0.717, 1.165) is 43.9 Å². The summed E-state index contributed by atoms with van der Waals surface area (Å²) in [5, 5.41) is 7.76. The van der Waals surface area contributed by atoms with Crippen LogP contribution in [-0.2, 0) is 4.74 Å². The van der Waals surface area contributed by atoms with Crippen LogP contribution in [-0.4, -0.2) is 54.4 Å². The summed E-state index contributed by atoms with van der Waals surface area (Å²) in [5.74, 6) is 0.728. The molecule has 1 saturated heterocycles. The minimum absolute atomic E-state index is 0.105. The summed E-state index contributed by atoms with van der Waals surface area (Å²) < 4.78 is 5.43. The Balaban J connectivity index is 1.74. The maximum Gasteiger partial charge on any atom is 0.166 e. The number of nitrogens with zero attached hydrogens (tertiary/aromatic N) is 1. The average Bonchev–Trinajstić information content (AvgIpc) is 2.49. The molecule has 1 aliphatic heterocycles. The first-order valence-electron chi connectivity index (χ1n) is 8.36. The van der Waals surface area contributed by atoms with Crippen LogP contribution in [0.15, 0.2) is 0 Å². The number of nitrogens with one attached hydrogen (secondary N) is 2. The van der Waals surface area contributed by atoms with Crippen LogP contribution < -0.4 is 10.6 Å². The lowest BCUT2D eigenvalue weighted by Gasteiger charge is -2.41. The summed E-state index contributed by atoms with van der Waals surface area (Å²) in [6.45, 7) is 11.5. The predicted molar refractivity (Wildman–Crippen MR) is 91.6 cm³/mol. The van der Waals surface area contributed by atoms with Gasteiger partial charge in [0.25, 0.3) is 0 Å². The zero-order chi connectivity index (χ0) is 15.3. The highest BCUT2D eigenvalue weighted by molar-refractivity contribution is 7.80. The lowest BCUT2D eigenvalue weighted by atomic mass is 9.86. The Kier molecular flexibility index (Phi) is 6.26. The lowest BCUT2D eigenvalue weighted by Crippen LogP contribution is -2.57. The lowest BCUT2D eigenvalue weighted by molar-refractivity contribution is -0.00831. The van der Waals surface area contributed by atoms with Gasteiger partial charge in [-0.25, -0.2) is 0 Å². The van der Waals surface area contributed by atoms with Crippen molar-refractivity contribution in [2.75, 3.05) is 32.8 Å². The van der Waals surface area contributed by atoms with Gasteiger partial charge in [0.2, 0.25) is 0 Å². The van der Waals surface area contributed by atoms with Gasteiger partial charge in [0.15, 0.2) is 5.11 Å². The number of hydrogen-bond acceptors (Lipinski definition) is 3. The summed E-state index contributed by atoms with van der Waals surface area (Å²) in [7, 11) is 0. The molecule has 0 bridgehead atoms. The highest BCUT2D eigenvalue weighted by atomic mass is 32.1. The van der Waals surface area contributed by atoms with Crippen molar-refractivity contribution in [3.8, 4) is 0 Å². The summed E-state index contributed by atoms with van der Waals surface area (Å²) in [5.41, 5.74) is 0.105. The van der Waals surface area contributed by atoms with E-state index in [1.807, 2.05) is 0 Å². The van der Waals surface area contributed by atoms with Crippen molar-refractivity contribution in [1.29, 1.82) is 0 Å². The fourth-order valence-corrected chi connectivity index (χ4v) is 3.55. The van der Waals surface area contributed by atoms with E-state index in [4.69, 9.17) is 17.0 Å². The first-order chi connectivity index (χ1) is 9.99.